The molecule has 0 aromatic carbocycles. The maximum atomic E-state index is 11.8. The normalized spacial score (nSPS) is 21.1. The Morgan fingerprint density at radius 2 is 2.24 bits per heavy atom. The highest BCUT2D eigenvalue weighted by Gasteiger charge is 2.31. The van der Waals surface area contributed by atoms with Gasteiger partial charge in [-0.3, -0.25) is 9.69 Å². The van der Waals surface area contributed by atoms with Crippen molar-refractivity contribution in [3.05, 3.63) is 11.2 Å². The smallest absolute Gasteiger partial charge is 0.236 e. The van der Waals surface area contributed by atoms with E-state index in [1.165, 1.54) is 0 Å². The second kappa shape index (κ2) is 6.44. The number of carbonyl (C=O) groups excluding carboxylic acids is 1. The predicted octanol–water partition coefficient (Wildman–Crippen LogP) is 0.357. The molecule has 1 saturated heterocycles. The molecule has 116 valence electrons. The topological polar surface area (TPSA) is 87.4 Å². The van der Waals surface area contributed by atoms with Crippen molar-refractivity contribution in [1.29, 1.82) is 0 Å². The lowest BCUT2D eigenvalue weighted by Gasteiger charge is -2.43. The van der Waals surface area contributed by atoms with Crippen LogP contribution in [0.1, 0.15) is 13.8 Å². The first kappa shape index (κ1) is 15.8. The van der Waals surface area contributed by atoms with E-state index in [4.69, 9.17) is 17.3 Å². The summed E-state index contributed by atoms with van der Waals surface area (Å²) < 4.78 is 0. The molecule has 2 heterocycles. The monoisotopic (exact) mass is 312 g/mol. The number of nitrogens with one attached hydrogen (secondary N) is 1. The fourth-order valence-electron chi connectivity index (χ4n) is 2.75. The average molecular weight is 313 g/mol. The Kier molecular flexibility index (Phi) is 4.84. The van der Waals surface area contributed by atoms with Gasteiger partial charge in [0.25, 0.3) is 0 Å². The second-order valence-electron chi connectivity index (χ2n) is 5.26. The summed E-state index contributed by atoms with van der Waals surface area (Å²) in [4.78, 5) is 16.1. The van der Waals surface area contributed by atoms with Crippen molar-refractivity contribution in [3.63, 3.8) is 0 Å². The number of piperazine rings is 1. The van der Waals surface area contributed by atoms with Crippen molar-refractivity contribution in [2.45, 2.75) is 25.9 Å². The molecule has 0 aliphatic carbocycles. The molecule has 1 aliphatic heterocycles. The van der Waals surface area contributed by atoms with Gasteiger partial charge in [-0.05, 0) is 13.8 Å². The molecule has 1 fully saturated rings. The van der Waals surface area contributed by atoms with Gasteiger partial charge in [-0.25, -0.2) is 0 Å². The average Bonchev–Trinajstić information content (AvgIpc) is 2.48. The van der Waals surface area contributed by atoms with Crippen LogP contribution in [0.3, 0.4) is 0 Å². The number of nitrogens with zero attached hydrogens (tertiary/aromatic N) is 4. The van der Waals surface area contributed by atoms with Crippen molar-refractivity contribution >= 4 is 29.0 Å². The van der Waals surface area contributed by atoms with Crippen molar-refractivity contribution in [2.75, 3.05) is 37.3 Å². The summed E-state index contributed by atoms with van der Waals surface area (Å²) in [6, 6.07) is 1.80. The molecule has 1 aromatic rings. The summed E-state index contributed by atoms with van der Waals surface area (Å²) in [7, 11) is 1.66. The highest BCUT2D eigenvalue weighted by molar-refractivity contribution is 6.29. The Hall–Kier alpha value is -1.60. The molecule has 2 unspecified atom stereocenters. The predicted molar refractivity (Wildman–Crippen MR) is 83.4 cm³/mol. The first-order chi connectivity index (χ1) is 9.93. The standard InChI is InChI=1S/C13H21ClN6O/c1-8-7-19(10-6-11(14)17-18-12(10)15)4-5-20(8)9(2)13(21)16-3/h6,8-9H,4-5,7H2,1-3H3,(H2,15,18)(H,16,21). The van der Waals surface area contributed by atoms with Crippen LogP contribution in [0, 0.1) is 0 Å². The van der Waals surface area contributed by atoms with Crippen LogP contribution in [0.4, 0.5) is 11.5 Å². The van der Waals surface area contributed by atoms with E-state index >= 15 is 0 Å². The molecule has 1 aromatic heterocycles. The summed E-state index contributed by atoms with van der Waals surface area (Å²) >= 11 is 5.89. The molecule has 0 bridgehead atoms. The van der Waals surface area contributed by atoms with Crippen LogP contribution in [-0.4, -0.2) is 59.8 Å². The van der Waals surface area contributed by atoms with Crippen LogP contribution in [0.2, 0.25) is 5.15 Å². The van der Waals surface area contributed by atoms with E-state index in [0.717, 1.165) is 25.3 Å². The zero-order valence-corrected chi connectivity index (χ0v) is 13.3. The minimum Gasteiger partial charge on any atom is -0.380 e. The number of hydrogen-bond acceptors (Lipinski definition) is 6. The summed E-state index contributed by atoms with van der Waals surface area (Å²) in [5, 5.41) is 10.6. The Bertz CT molecular complexity index is 525. The number of nitrogen functional groups attached to an aromatic ring is 1. The molecule has 0 radical (unpaired) electrons. The van der Waals surface area contributed by atoms with E-state index < -0.39 is 0 Å². The largest absolute Gasteiger partial charge is 0.380 e. The molecule has 0 saturated carbocycles. The van der Waals surface area contributed by atoms with Crippen LogP contribution in [-0.2, 0) is 4.79 Å². The number of likely N-dealkylation sites (N-methyl/N-ethyl adjacent to an activating group) is 1. The van der Waals surface area contributed by atoms with Gasteiger partial charge in [0, 0.05) is 38.8 Å². The van der Waals surface area contributed by atoms with E-state index in [1.54, 1.807) is 13.1 Å². The second-order valence-corrected chi connectivity index (χ2v) is 5.65. The fraction of sp³-hybridized carbons (Fsp3) is 0.615. The van der Waals surface area contributed by atoms with Gasteiger partial charge in [0.15, 0.2) is 11.0 Å². The zero-order valence-electron chi connectivity index (χ0n) is 12.5. The molecule has 7 nitrogen and oxygen atoms in total. The van der Waals surface area contributed by atoms with Gasteiger partial charge in [-0.1, -0.05) is 11.6 Å². The van der Waals surface area contributed by atoms with Crippen LogP contribution < -0.4 is 16.0 Å². The molecule has 1 aliphatic rings. The number of anilines is 2. The van der Waals surface area contributed by atoms with E-state index in [-0.39, 0.29) is 18.0 Å². The van der Waals surface area contributed by atoms with E-state index in [1.807, 2.05) is 6.92 Å². The number of amides is 1. The molecule has 1 amide bonds. The lowest BCUT2D eigenvalue weighted by Crippen LogP contribution is -2.58. The zero-order chi connectivity index (χ0) is 15.6. The minimum atomic E-state index is -0.149. The van der Waals surface area contributed by atoms with Crippen LogP contribution >= 0.6 is 11.6 Å². The summed E-state index contributed by atoms with van der Waals surface area (Å²) in [6.07, 6.45) is 0. The molecule has 8 heteroatoms. The van der Waals surface area contributed by atoms with Crippen LogP contribution in [0.25, 0.3) is 0 Å². The van der Waals surface area contributed by atoms with Crippen molar-refractivity contribution in [3.8, 4) is 0 Å². The Balaban J connectivity index is 2.10. The number of carbonyl (C=O) groups is 1. The molecular formula is C13H21ClN6O. The number of aromatic nitrogens is 2. The highest BCUT2D eigenvalue weighted by Crippen LogP contribution is 2.26. The van der Waals surface area contributed by atoms with Crippen LogP contribution in [0.15, 0.2) is 6.07 Å². The Morgan fingerprint density at radius 1 is 1.52 bits per heavy atom. The lowest BCUT2D eigenvalue weighted by molar-refractivity contribution is -0.126. The van der Waals surface area contributed by atoms with Gasteiger partial charge in [0.2, 0.25) is 5.91 Å². The van der Waals surface area contributed by atoms with Gasteiger partial charge < -0.3 is 16.0 Å². The molecule has 3 N–H and O–H groups in total. The quantitative estimate of drug-likeness (QED) is 0.838. The van der Waals surface area contributed by atoms with Gasteiger partial charge in [-0.2, -0.15) is 0 Å². The first-order valence-electron chi connectivity index (χ1n) is 6.95. The Morgan fingerprint density at radius 3 is 2.86 bits per heavy atom. The number of halogens is 1. The van der Waals surface area contributed by atoms with Gasteiger partial charge in [0.1, 0.15) is 0 Å². The van der Waals surface area contributed by atoms with Gasteiger partial charge in [-0.15, -0.1) is 10.2 Å². The SMILES string of the molecule is CNC(=O)C(C)N1CCN(c2cc(Cl)nnc2N)CC1C. The molecule has 21 heavy (non-hydrogen) atoms. The summed E-state index contributed by atoms with van der Waals surface area (Å²) in [5.74, 6) is 0.405. The minimum absolute atomic E-state index is 0.0310. The number of hydrogen-bond donors (Lipinski definition) is 2. The van der Waals surface area contributed by atoms with Crippen molar-refractivity contribution in [1.82, 2.24) is 20.4 Å². The number of rotatable bonds is 3. The highest BCUT2D eigenvalue weighted by atomic mass is 35.5. The van der Waals surface area contributed by atoms with Crippen molar-refractivity contribution in [2.24, 2.45) is 0 Å². The first-order valence-corrected chi connectivity index (χ1v) is 7.32. The van der Waals surface area contributed by atoms with Gasteiger partial charge >= 0.3 is 0 Å². The van der Waals surface area contributed by atoms with E-state index in [9.17, 15) is 4.79 Å². The molecule has 0 spiro atoms. The third kappa shape index (κ3) is 3.36. The maximum absolute atomic E-state index is 11.8. The third-order valence-electron chi connectivity index (χ3n) is 3.91. The lowest BCUT2D eigenvalue weighted by atomic mass is 10.1. The molecule has 2 rings (SSSR count). The van der Waals surface area contributed by atoms with E-state index in [2.05, 4.69) is 32.2 Å². The van der Waals surface area contributed by atoms with Gasteiger partial charge in [0.05, 0.1) is 11.7 Å². The Labute approximate surface area is 129 Å². The summed E-state index contributed by atoms with van der Waals surface area (Å²) in [6.45, 7) is 6.31. The third-order valence-corrected chi connectivity index (χ3v) is 4.10. The van der Waals surface area contributed by atoms with Crippen molar-refractivity contribution < 1.29 is 4.79 Å². The van der Waals surface area contributed by atoms with E-state index in [0.29, 0.717) is 11.0 Å². The fourth-order valence-corrected chi connectivity index (χ4v) is 2.89. The number of nitrogens with two attached hydrogens (primary N) is 1. The van der Waals surface area contributed by atoms with Crippen LogP contribution in [0.5, 0.6) is 0 Å². The summed E-state index contributed by atoms with van der Waals surface area (Å²) in [5.41, 5.74) is 6.68. The maximum Gasteiger partial charge on any atom is 0.236 e. The molecular weight excluding hydrogens is 292 g/mol. The molecule has 2 atom stereocenters.